The molecule has 1 heterocycles. The van der Waals surface area contributed by atoms with Crippen molar-refractivity contribution in [2.24, 2.45) is 0 Å². The summed E-state index contributed by atoms with van der Waals surface area (Å²) in [5, 5.41) is 7.01. The topological polar surface area (TPSA) is 28.7 Å². The van der Waals surface area contributed by atoms with Gasteiger partial charge in [-0.2, -0.15) is 5.10 Å². The van der Waals surface area contributed by atoms with Crippen LogP contribution < -0.4 is 0 Å². The summed E-state index contributed by atoms with van der Waals surface area (Å²) in [5.41, 5.74) is 4.22. The smallest absolute Gasteiger partial charge is 0.100 e. The van der Waals surface area contributed by atoms with Crippen molar-refractivity contribution in [1.82, 2.24) is 10.2 Å². The van der Waals surface area contributed by atoms with Crippen molar-refractivity contribution in [2.75, 3.05) is 0 Å². The molecule has 65 valence electrons. The highest BCUT2D eigenvalue weighted by Crippen LogP contribution is 2.16. The Kier molecular flexibility index (Phi) is 1.89. The summed E-state index contributed by atoms with van der Waals surface area (Å²) in [7, 11) is 0. The zero-order chi connectivity index (χ0) is 9.26. The number of benzene rings is 1. The number of nitrogens with zero attached hydrogens (tertiary/aromatic N) is 1. The maximum atomic E-state index is 4.14. The van der Waals surface area contributed by atoms with E-state index >= 15 is 0 Å². The molecule has 2 aromatic rings. The minimum absolute atomic E-state index is 0.887. The van der Waals surface area contributed by atoms with Crippen LogP contribution in [0, 0.1) is 19.9 Å². The molecule has 0 amide bonds. The minimum Gasteiger partial charge on any atom is -0.282 e. The van der Waals surface area contributed by atoms with Gasteiger partial charge in [-0.15, -0.1) is 0 Å². The van der Waals surface area contributed by atoms with Gasteiger partial charge in [0.15, 0.2) is 0 Å². The number of aromatic nitrogens is 2. The van der Waals surface area contributed by atoms with Crippen LogP contribution in [0.5, 0.6) is 0 Å². The highest BCUT2D eigenvalue weighted by molar-refractivity contribution is 5.58. The minimum atomic E-state index is 0.887. The lowest BCUT2D eigenvalue weighted by Gasteiger charge is -1.95. The number of aromatic amines is 1. The zero-order valence-electron chi connectivity index (χ0n) is 7.76. The lowest BCUT2D eigenvalue weighted by Crippen LogP contribution is -1.78. The second-order valence-corrected chi connectivity index (χ2v) is 3.19. The van der Waals surface area contributed by atoms with Gasteiger partial charge in [-0.05, 0) is 13.8 Å². The number of hydrogen-bond donors (Lipinski definition) is 1. The molecule has 0 bridgehead atoms. The molecule has 0 atom stereocenters. The molecule has 0 spiro atoms. The fourth-order valence-corrected chi connectivity index (χ4v) is 1.22. The Morgan fingerprint density at radius 1 is 1.15 bits per heavy atom. The molecule has 1 radical (unpaired) electrons. The summed E-state index contributed by atoms with van der Waals surface area (Å²) in [6.45, 7) is 4.02. The normalized spacial score (nSPS) is 10.3. The second kappa shape index (κ2) is 3.05. The first-order chi connectivity index (χ1) is 6.25. The van der Waals surface area contributed by atoms with Crippen molar-refractivity contribution in [3.63, 3.8) is 0 Å². The molecule has 0 unspecified atom stereocenters. The first-order valence-electron chi connectivity index (χ1n) is 4.27. The van der Waals surface area contributed by atoms with E-state index in [-0.39, 0.29) is 0 Å². The third-order valence-corrected chi connectivity index (χ3v) is 1.97. The number of hydrogen-bond acceptors (Lipinski definition) is 1. The van der Waals surface area contributed by atoms with Gasteiger partial charge in [0.25, 0.3) is 0 Å². The zero-order valence-corrected chi connectivity index (χ0v) is 7.76. The molecule has 2 rings (SSSR count). The van der Waals surface area contributed by atoms with Crippen molar-refractivity contribution < 1.29 is 0 Å². The molecule has 0 saturated heterocycles. The van der Waals surface area contributed by atoms with E-state index in [0.29, 0.717) is 0 Å². The van der Waals surface area contributed by atoms with Gasteiger partial charge >= 0.3 is 0 Å². The maximum absolute atomic E-state index is 4.14. The van der Waals surface area contributed by atoms with Crippen LogP contribution in [0.3, 0.4) is 0 Å². The Labute approximate surface area is 77.6 Å². The van der Waals surface area contributed by atoms with E-state index < -0.39 is 0 Å². The van der Waals surface area contributed by atoms with Crippen LogP contribution in [0.1, 0.15) is 11.3 Å². The van der Waals surface area contributed by atoms with Crippen molar-refractivity contribution >= 4 is 0 Å². The van der Waals surface area contributed by atoms with Gasteiger partial charge < -0.3 is 0 Å². The van der Waals surface area contributed by atoms with Gasteiger partial charge in [-0.3, -0.25) is 5.10 Å². The summed E-state index contributed by atoms with van der Waals surface area (Å²) in [6, 6.07) is 11.4. The summed E-state index contributed by atoms with van der Waals surface area (Å²) >= 11 is 0. The molecule has 2 heteroatoms. The monoisotopic (exact) mass is 171 g/mol. The van der Waals surface area contributed by atoms with Crippen LogP contribution in [-0.4, -0.2) is 10.2 Å². The molecule has 0 saturated carbocycles. The Morgan fingerprint density at radius 3 is 2.38 bits per heavy atom. The van der Waals surface area contributed by atoms with Crippen LogP contribution >= 0.6 is 0 Å². The third-order valence-electron chi connectivity index (χ3n) is 1.97. The van der Waals surface area contributed by atoms with Crippen LogP contribution in [-0.2, 0) is 0 Å². The highest BCUT2D eigenvalue weighted by atomic mass is 15.1. The fraction of sp³-hybridized carbons (Fsp3) is 0.182. The average Bonchev–Trinajstić information content (AvgIpc) is 2.53. The van der Waals surface area contributed by atoms with Crippen molar-refractivity contribution in [2.45, 2.75) is 13.8 Å². The molecule has 0 aliphatic heterocycles. The standard InChI is InChI=1S/C11H11N2/c1-8-3-5-10(6-4-8)11-7-9(2)12-13-11/h3-6H,1-2H3,(H,12,13). The van der Waals surface area contributed by atoms with Gasteiger partial charge in [0.05, 0.1) is 0 Å². The number of H-pyrrole nitrogens is 1. The summed E-state index contributed by atoms with van der Waals surface area (Å²) in [6.07, 6.45) is 0. The van der Waals surface area contributed by atoms with Gasteiger partial charge in [0, 0.05) is 17.3 Å². The van der Waals surface area contributed by atoms with E-state index in [9.17, 15) is 0 Å². The van der Waals surface area contributed by atoms with Crippen LogP contribution in [0.25, 0.3) is 11.3 Å². The van der Waals surface area contributed by atoms with Crippen LogP contribution in [0.4, 0.5) is 0 Å². The van der Waals surface area contributed by atoms with Gasteiger partial charge in [-0.25, -0.2) is 0 Å². The van der Waals surface area contributed by atoms with E-state index in [2.05, 4.69) is 47.5 Å². The molecular formula is C11H11N2. The molecule has 1 N–H and O–H groups in total. The Balaban J connectivity index is 2.41. The number of rotatable bonds is 1. The third kappa shape index (κ3) is 1.61. The first-order valence-corrected chi connectivity index (χ1v) is 4.27. The highest BCUT2D eigenvalue weighted by Gasteiger charge is 2.00. The Morgan fingerprint density at radius 2 is 1.85 bits per heavy atom. The average molecular weight is 171 g/mol. The lowest BCUT2D eigenvalue weighted by molar-refractivity contribution is 1.05. The summed E-state index contributed by atoms with van der Waals surface area (Å²) in [4.78, 5) is 0. The largest absolute Gasteiger partial charge is 0.282 e. The summed E-state index contributed by atoms with van der Waals surface area (Å²) < 4.78 is 0. The molecule has 2 nitrogen and oxygen atoms in total. The van der Waals surface area contributed by atoms with Gasteiger partial charge in [0.2, 0.25) is 0 Å². The van der Waals surface area contributed by atoms with E-state index in [4.69, 9.17) is 0 Å². The molecule has 0 fully saturated rings. The molecule has 1 aromatic carbocycles. The lowest BCUT2D eigenvalue weighted by atomic mass is 10.1. The van der Waals surface area contributed by atoms with Crippen molar-refractivity contribution in [1.29, 1.82) is 0 Å². The predicted octanol–water partition coefficient (Wildman–Crippen LogP) is 2.49. The van der Waals surface area contributed by atoms with Crippen LogP contribution in [0.2, 0.25) is 0 Å². The van der Waals surface area contributed by atoms with E-state index in [1.807, 2.05) is 6.92 Å². The number of nitrogens with one attached hydrogen (secondary N) is 1. The van der Waals surface area contributed by atoms with Crippen molar-refractivity contribution in [3.8, 4) is 11.3 Å². The van der Waals surface area contributed by atoms with E-state index in [0.717, 1.165) is 17.0 Å². The Hall–Kier alpha value is -1.57. The Bertz CT molecular complexity index is 398. The molecule has 13 heavy (non-hydrogen) atoms. The second-order valence-electron chi connectivity index (χ2n) is 3.19. The van der Waals surface area contributed by atoms with E-state index in [1.165, 1.54) is 5.56 Å². The fourth-order valence-electron chi connectivity index (χ4n) is 1.22. The molecule has 0 aliphatic rings. The summed E-state index contributed by atoms with van der Waals surface area (Å²) in [5.74, 6) is 0. The molecule has 1 aromatic heterocycles. The molecular weight excluding hydrogens is 160 g/mol. The quantitative estimate of drug-likeness (QED) is 0.701. The SMILES string of the molecule is Cc1ccc(-c2[c]c(C)[nH]n2)cc1. The molecule has 0 aliphatic carbocycles. The maximum Gasteiger partial charge on any atom is 0.100 e. The number of aryl methyl sites for hydroxylation is 2. The predicted molar refractivity (Wildman–Crippen MR) is 52.3 cm³/mol. The van der Waals surface area contributed by atoms with Gasteiger partial charge in [-0.1, -0.05) is 29.8 Å². The van der Waals surface area contributed by atoms with Crippen LogP contribution in [0.15, 0.2) is 24.3 Å². The first kappa shape index (κ1) is 8.05. The van der Waals surface area contributed by atoms with Gasteiger partial charge in [0.1, 0.15) is 5.69 Å². The van der Waals surface area contributed by atoms with Crippen molar-refractivity contribution in [3.05, 3.63) is 41.6 Å². The van der Waals surface area contributed by atoms with E-state index in [1.54, 1.807) is 0 Å².